The molecule has 2 saturated carbocycles. The number of carbonyl (C=O) groups excluding carboxylic acids is 2. The predicted octanol–water partition coefficient (Wildman–Crippen LogP) is 6.08. The Hall–Kier alpha value is -2.08. The molecular formula is C28H33Cl2N3O2. The summed E-state index contributed by atoms with van der Waals surface area (Å²) in [5.74, 6) is -0.0999. The number of hydrogen-bond donors (Lipinski definition) is 2. The third-order valence-corrected chi connectivity index (χ3v) is 8.41. The van der Waals surface area contributed by atoms with Gasteiger partial charge < -0.3 is 10.6 Å². The number of halogens is 2. The molecule has 2 N–H and O–H groups in total. The second-order valence-corrected chi connectivity index (χ2v) is 11.2. The predicted molar refractivity (Wildman–Crippen MR) is 141 cm³/mol. The van der Waals surface area contributed by atoms with Crippen LogP contribution < -0.4 is 10.6 Å². The van der Waals surface area contributed by atoms with Gasteiger partial charge >= 0.3 is 0 Å². The fourth-order valence-corrected chi connectivity index (χ4v) is 6.68. The van der Waals surface area contributed by atoms with Crippen molar-refractivity contribution >= 4 is 40.7 Å². The molecule has 0 saturated heterocycles. The zero-order chi connectivity index (χ0) is 24.4. The van der Waals surface area contributed by atoms with Gasteiger partial charge in [-0.15, -0.1) is 0 Å². The maximum atomic E-state index is 14.0. The second kappa shape index (κ2) is 10.5. The van der Waals surface area contributed by atoms with E-state index in [9.17, 15) is 9.59 Å². The summed E-state index contributed by atoms with van der Waals surface area (Å²) < 4.78 is 0. The van der Waals surface area contributed by atoms with Crippen molar-refractivity contribution in [1.82, 2.24) is 10.2 Å². The Morgan fingerprint density at radius 2 is 1.69 bits per heavy atom. The van der Waals surface area contributed by atoms with E-state index >= 15 is 0 Å². The monoisotopic (exact) mass is 513 g/mol. The van der Waals surface area contributed by atoms with Gasteiger partial charge in [0.25, 0.3) is 0 Å². The minimum atomic E-state index is -1.01. The van der Waals surface area contributed by atoms with Gasteiger partial charge in [0, 0.05) is 39.8 Å². The van der Waals surface area contributed by atoms with Crippen molar-refractivity contribution < 1.29 is 9.59 Å². The van der Waals surface area contributed by atoms with Crippen molar-refractivity contribution in [2.24, 2.45) is 0 Å². The first-order chi connectivity index (χ1) is 17.0. The minimum Gasteiger partial charge on any atom is -0.352 e. The summed E-state index contributed by atoms with van der Waals surface area (Å²) in [6.45, 7) is 0.192. The van der Waals surface area contributed by atoms with Crippen LogP contribution in [0, 0.1) is 0 Å². The van der Waals surface area contributed by atoms with Crippen LogP contribution in [0.5, 0.6) is 0 Å². The van der Waals surface area contributed by atoms with Crippen molar-refractivity contribution in [3.05, 3.63) is 63.6 Å². The van der Waals surface area contributed by atoms with Gasteiger partial charge in [-0.25, -0.2) is 0 Å². The number of benzene rings is 2. The lowest BCUT2D eigenvalue weighted by Crippen LogP contribution is -2.59. The highest BCUT2D eigenvalue weighted by molar-refractivity contribution is 6.31. The Bertz CT molecular complexity index is 1100. The zero-order valence-electron chi connectivity index (χ0n) is 20.0. The summed E-state index contributed by atoms with van der Waals surface area (Å²) in [5, 5.41) is 7.57. The van der Waals surface area contributed by atoms with E-state index in [1.807, 2.05) is 42.5 Å². The Morgan fingerprint density at radius 3 is 2.43 bits per heavy atom. The summed E-state index contributed by atoms with van der Waals surface area (Å²) in [5.41, 5.74) is 1.56. The van der Waals surface area contributed by atoms with Crippen LogP contribution in [0.3, 0.4) is 0 Å². The van der Waals surface area contributed by atoms with E-state index in [0.29, 0.717) is 16.5 Å². The van der Waals surface area contributed by atoms with Crippen LogP contribution in [-0.4, -0.2) is 35.3 Å². The molecule has 7 heteroatoms. The van der Waals surface area contributed by atoms with Crippen molar-refractivity contribution in [1.29, 1.82) is 0 Å². The maximum Gasteiger partial charge on any atom is 0.249 e. The molecule has 35 heavy (non-hydrogen) atoms. The van der Waals surface area contributed by atoms with Crippen LogP contribution in [0.15, 0.2) is 42.5 Å². The number of anilines is 1. The molecular weight excluding hydrogens is 481 g/mol. The molecule has 0 aromatic heterocycles. The Labute approximate surface area is 217 Å². The molecule has 1 atom stereocenters. The van der Waals surface area contributed by atoms with Gasteiger partial charge in [0.05, 0.1) is 6.54 Å². The molecule has 2 fully saturated rings. The quantitative estimate of drug-likeness (QED) is 0.471. The van der Waals surface area contributed by atoms with Gasteiger partial charge in [-0.2, -0.15) is 0 Å². The number of carbonyl (C=O) groups is 2. The summed E-state index contributed by atoms with van der Waals surface area (Å²) in [4.78, 5) is 29.6. The van der Waals surface area contributed by atoms with Crippen LogP contribution in [0.1, 0.15) is 68.9 Å². The molecule has 5 nitrogen and oxygen atoms in total. The fraction of sp³-hybridized carbons (Fsp3) is 0.500. The van der Waals surface area contributed by atoms with Gasteiger partial charge in [0.2, 0.25) is 11.8 Å². The Balaban J connectivity index is 1.58. The highest BCUT2D eigenvalue weighted by atomic mass is 35.5. The van der Waals surface area contributed by atoms with Crippen molar-refractivity contribution in [3.8, 4) is 0 Å². The van der Waals surface area contributed by atoms with E-state index in [1.54, 1.807) is 0 Å². The average molecular weight is 514 g/mol. The maximum absolute atomic E-state index is 14.0. The van der Waals surface area contributed by atoms with Gasteiger partial charge in [-0.1, -0.05) is 73.5 Å². The molecule has 0 spiro atoms. The average Bonchev–Trinajstić information content (AvgIpc) is 3.44. The van der Waals surface area contributed by atoms with Crippen LogP contribution in [-0.2, 0) is 21.5 Å². The molecule has 1 heterocycles. The summed E-state index contributed by atoms with van der Waals surface area (Å²) in [7, 11) is 0. The summed E-state index contributed by atoms with van der Waals surface area (Å²) in [6, 6.07) is 13.7. The van der Waals surface area contributed by atoms with Gasteiger partial charge in [0.15, 0.2) is 0 Å². The zero-order valence-corrected chi connectivity index (χ0v) is 21.5. The molecule has 2 aromatic rings. The van der Waals surface area contributed by atoms with Crippen LogP contribution in [0.2, 0.25) is 10.0 Å². The fourth-order valence-electron chi connectivity index (χ4n) is 6.30. The number of hydrogen-bond acceptors (Lipinski definition) is 3. The molecule has 186 valence electrons. The molecule has 3 aliphatic rings. The number of fused-ring (bicyclic) bond motifs is 1. The molecule has 2 aliphatic carbocycles. The Morgan fingerprint density at radius 1 is 0.971 bits per heavy atom. The minimum absolute atomic E-state index is 0.00292. The van der Waals surface area contributed by atoms with Crippen LogP contribution in [0.4, 0.5) is 5.69 Å². The number of amides is 2. The van der Waals surface area contributed by atoms with Crippen LogP contribution in [0.25, 0.3) is 0 Å². The standard InChI is InChI=1S/C28H33Cl2N3O2/c29-20-8-6-7-19(15-20)17-28(24-14-13-21(30)16-25(24)32-27(28)35)33(23-11-2-1-3-12-23)18-26(34)31-22-9-4-5-10-22/h6-8,13-16,22-23H,1-5,9-12,17-18H2,(H,31,34)(H,32,35). The number of nitrogens with zero attached hydrogens (tertiary/aromatic N) is 1. The molecule has 2 amide bonds. The Kier molecular flexibility index (Phi) is 7.38. The summed E-state index contributed by atoms with van der Waals surface area (Å²) >= 11 is 12.7. The van der Waals surface area contributed by atoms with Gasteiger partial charge in [-0.3, -0.25) is 14.5 Å². The van der Waals surface area contributed by atoms with Crippen molar-refractivity contribution in [2.45, 2.75) is 81.8 Å². The van der Waals surface area contributed by atoms with E-state index in [2.05, 4.69) is 15.5 Å². The molecule has 1 unspecified atom stereocenters. The smallest absolute Gasteiger partial charge is 0.249 e. The lowest BCUT2D eigenvalue weighted by atomic mass is 9.80. The first-order valence-corrected chi connectivity index (χ1v) is 13.6. The van der Waals surface area contributed by atoms with Gasteiger partial charge in [0.1, 0.15) is 5.54 Å². The molecule has 1 aliphatic heterocycles. The SMILES string of the molecule is O=C(CN(C1CCCCC1)C1(Cc2cccc(Cl)c2)C(=O)Nc2cc(Cl)ccc21)NC1CCCC1. The molecule has 0 bridgehead atoms. The van der Waals surface area contributed by atoms with E-state index in [4.69, 9.17) is 23.2 Å². The van der Waals surface area contributed by atoms with E-state index in [-0.39, 0.29) is 30.4 Å². The first-order valence-electron chi connectivity index (χ1n) is 12.9. The van der Waals surface area contributed by atoms with Crippen LogP contribution >= 0.6 is 23.2 Å². The molecule has 0 radical (unpaired) electrons. The third-order valence-electron chi connectivity index (χ3n) is 7.94. The lowest BCUT2D eigenvalue weighted by molar-refractivity contribution is -0.135. The normalized spacial score (nSPS) is 22.9. The first kappa shape index (κ1) is 24.6. The third kappa shape index (κ3) is 5.09. The van der Waals surface area contributed by atoms with E-state index in [0.717, 1.165) is 68.2 Å². The van der Waals surface area contributed by atoms with Crippen molar-refractivity contribution in [3.63, 3.8) is 0 Å². The van der Waals surface area contributed by atoms with E-state index < -0.39 is 5.54 Å². The lowest BCUT2D eigenvalue weighted by Gasteiger charge is -2.45. The topological polar surface area (TPSA) is 61.4 Å². The van der Waals surface area contributed by atoms with Crippen molar-refractivity contribution in [2.75, 3.05) is 11.9 Å². The molecule has 5 rings (SSSR count). The number of nitrogens with one attached hydrogen (secondary N) is 2. The molecule has 2 aromatic carbocycles. The highest BCUT2D eigenvalue weighted by Gasteiger charge is 2.53. The van der Waals surface area contributed by atoms with E-state index in [1.165, 1.54) is 6.42 Å². The highest BCUT2D eigenvalue weighted by Crippen LogP contribution is 2.46. The largest absolute Gasteiger partial charge is 0.352 e. The summed E-state index contributed by atoms with van der Waals surface area (Å²) in [6.07, 6.45) is 10.2. The second-order valence-electron chi connectivity index (χ2n) is 10.3. The van der Waals surface area contributed by atoms with Gasteiger partial charge in [-0.05, 0) is 55.5 Å². The number of rotatable bonds is 7.